The summed E-state index contributed by atoms with van der Waals surface area (Å²) in [4.78, 5) is 0.214. The quantitative estimate of drug-likeness (QED) is 0.676. The van der Waals surface area contributed by atoms with Gasteiger partial charge in [0, 0.05) is 15.9 Å². The second kappa shape index (κ2) is 7.01. The van der Waals surface area contributed by atoms with Gasteiger partial charge < -0.3 is 0 Å². The van der Waals surface area contributed by atoms with E-state index in [1.165, 1.54) is 0 Å². The van der Waals surface area contributed by atoms with Gasteiger partial charge in [-0.05, 0) is 55.8 Å². The van der Waals surface area contributed by atoms with Crippen LogP contribution in [0, 0.1) is 13.8 Å². The van der Waals surface area contributed by atoms with Crippen LogP contribution in [0.5, 0.6) is 0 Å². The third kappa shape index (κ3) is 4.29. The van der Waals surface area contributed by atoms with Gasteiger partial charge in [0.2, 0.25) is 0 Å². The summed E-state index contributed by atoms with van der Waals surface area (Å²) < 4.78 is 30.3. The number of halogens is 1. The highest BCUT2D eigenvalue weighted by molar-refractivity contribution is 9.10. The fraction of sp³-hybridized carbons (Fsp3) is 0.167. The van der Waals surface area contributed by atoms with E-state index in [9.17, 15) is 8.42 Å². The van der Waals surface area contributed by atoms with Gasteiger partial charge in [0.1, 0.15) is 0 Å². The van der Waals surface area contributed by atoms with E-state index in [4.69, 9.17) is 0 Å². The third-order valence-corrected chi connectivity index (χ3v) is 5.59. The summed E-state index contributed by atoms with van der Waals surface area (Å²) in [7, 11) is -3.63. The van der Waals surface area contributed by atoms with E-state index in [0.717, 1.165) is 17.0 Å². The number of aryl methyl sites for hydroxylation is 2. The molecular formula is C18H18BrN3O2S. The van der Waals surface area contributed by atoms with Crippen molar-refractivity contribution in [3.05, 3.63) is 76.0 Å². The molecule has 0 amide bonds. The highest BCUT2D eigenvalue weighted by atomic mass is 79.9. The molecule has 0 saturated heterocycles. The van der Waals surface area contributed by atoms with Gasteiger partial charge in [-0.25, -0.2) is 8.42 Å². The Kier molecular flexibility index (Phi) is 4.96. The first-order chi connectivity index (χ1) is 11.8. The SMILES string of the molecule is Cc1cc(C)n(Cc2cccc(NS(=O)(=O)c3cccc(Br)c3)c2)n1. The lowest BCUT2D eigenvalue weighted by molar-refractivity contribution is 0.601. The standard InChI is InChI=1S/C18H18BrN3O2S/c1-13-9-14(2)22(20-13)12-15-5-3-7-17(10-15)21-25(23,24)18-8-4-6-16(19)11-18/h3-11,21H,12H2,1-2H3. The van der Waals surface area contributed by atoms with Crippen LogP contribution in [0.4, 0.5) is 5.69 Å². The van der Waals surface area contributed by atoms with Crippen molar-refractivity contribution >= 4 is 31.6 Å². The Bertz CT molecular complexity index is 1010. The first kappa shape index (κ1) is 17.7. The Morgan fingerprint density at radius 1 is 1.08 bits per heavy atom. The van der Waals surface area contributed by atoms with Crippen molar-refractivity contribution in [1.82, 2.24) is 9.78 Å². The summed E-state index contributed by atoms with van der Waals surface area (Å²) in [6, 6.07) is 16.0. The lowest BCUT2D eigenvalue weighted by Gasteiger charge is -2.10. The van der Waals surface area contributed by atoms with Crippen LogP contribution in [0.15, 0.2) is 64.0 Å². The lowest BCUT2D eigenvalue weighted by atomic mass is 10.2. The Labute approximate surface area is 155 Å². The second-order valence-electron chi connectivity index (χ2n) is 5.85. The molecular weight excluding hydrogens is 402 g/mol. The molecule has 0 bridgehead atoms. The molecule has 0 radical (unpaired) electrons. The summed E-state index contributed by atoms with van der Waals surface area (Å²) >= 11 is 3.30. The molecule has 2 aromatic carbocycles. The van der Waals surface area contributed by atoms with E-state index < -0.39 is 10.0 Å². The van der Waals surface area contributed by atoms with Gasteiger partial charge in [-0.1, -0.05) is 34.1 Å². The molecule has 0 atom stereocenters. The average molecular weight is 420 g/mol. The zero-order valence-corrected chi connectivity index (χ0v) is 16.3. The van der Waals surface area contributed by atoms with Crippen molar-refractivity contribution < 1.29 is 8.42 Å². The molecule has 25 heavy (non-hydrogen) atoms. The van der Waals surface area contributed by atoms with Crippen LogP contribution < -0.4 is 4.72 Å². The van der Waals surface area contributed by atoms with E-state index >= 15 is 0 Å². The van der Waals surface area contributed by atoms with Gasteiger partial charge in [0.25, 0.3) is 10.0 Å². The van der Waals surface area contributed by atoms with E-state index in [-0.39, 0.29) is 4.90 Å². The van der Waals surface area contributed by atoms with Crippen molar-refractivity contribution in [2.24, 2.45) is 0 Å². The van der Waals surface area contributed by atoms with Crippen LogP contribution >= 0.6 is 15.9 Å². The van der Waals surface area contributed by atoms with Gasteiger partial charge in [-0.2, -0.15) is 5.10 Å². The van der Waals surface area contributed by atoms with Gasteiger partial charge in [0.15, 0.2) is 0 Å². The molecule has 0 aliphatic carbocycles. The molecule has 130 valence electrons. The molecule has 5 nitrogen and oxygen atoms in total. The second-order valence-corrected chi connectivity index (χ2v) is 8.45. The minimum absolute atomic E-state index is 0.214. The first-order valence-electron chi connectivity index (χ1n) is 7.72. The number of nitrogens with zero attached hydrogens (tertiary/aromatic N) is 2. The van der Waals surface area contributed by atoms with Crippen molar-refractivity contribution in [2.45, 2.75) is 25.3 Å². The number of nitrogens with one attached hydrogen (secondary N) is 1. The number of rotatable bonds is 5. The average Bonchev–Trinajstić information content (AvgIpc) is 2.85. The highest BCUT2D eigenvalue weighted by Gasteiger charge is 2.14. The third-order valence-electron chi connectivity index (χ3n) is 3.72. The summed E-state index contributed by atoms with van der Waals surface area (Å²) in [5.74, 6) is 0. The minimum atomic E-state index is -3.63. The maximum atomic E-state index is 12.5. The Hall–Kier alpha value is -2.12. The largest absolute Gasteiger partial charge is 0.280 e. The fourth-order valence-corrected chi connectivity index (χ4v) is 4.24. The molecule has 0 aliphatic rings. The molecule has 0 saturated carbocycles. The van der Waals surface area contributed by atoms with E-state index in [0.29, 0.717) is 16.7 Å². The van der Waals surface area contributed by atoms with Crippen molar-refractivity contribution in [1.29, 1.82) is 0 Å². The van der Waals surface area contributed by atoms with Gasteiger partial charge >= 0.3 is 0 Å². The zero-order chi connectivity index (χ0) is 18.0. The zero-order valence-electron chi connectivity index (χ0n) is 13.9. The number of benzene rings is 2. The molecule has 0 spiro atoms. The molecule has 3 aromatic rings. The fourth-order valence-electron chi connectivity index (χ4n) is 2.59. The molecule has 3 rings (SSSR count). The number of hydrogen-bond acceptors (Lipinski definition) is 3. The van der Waals surface area contributed by atoms with Crippen molar-refractivity contribution in [3.8, 4) is 0 Å². The number of hydrogen-bond donors (Lipinski definition) is 1. The Morgan fingerprint density at radius 2 is 1.84 bits per heavy atom. The number of aromatic nitrogens is 2. The molecule has 0 unspecified atom stereocenters. The van der Waals surface area contributed by atoms with Gasteiger partial charge in [-0.3, -0.25) is 9.40 Å². The summed E-state index contributed by atoms with van der Waals surface area (Å²) in [5.41, 5.74) is 3.53. The number of anilines is 1. The predicted molar refractivity (Wildman–Crippen MR) is 102 cm³/mol. The van der Waals surface area contributed by atoms with E-state index in [1.807, 2.05) is 42.8 Å². The van der Waals surface area contributed by atoms with Crippen molar-refractivity contribution in [3.63, 3.8) is 0 Å². The van der Waals surface area contributed by atoms with Crippen LogP contribution in [0.1, 0.15) is 17.0 Å². The summed E-state index contributed by atoms with van der Waals surface area (Å²) in [6.45, 7) is 4.54. The Balaban J connectivity index is 1.83. The van der Waals surface area contributed by atoms with Gasteiger partial charge in [0.05, 0.1) is 17.1 Å². The summed E-state index contributed by atoms with van der Waals surface area (Å²) in [6.07, 6.45) is 0. The molecule has 0 fully saturated rings. The monoisotopic (exact) mass is 419 g/mol. The van der Waals surface area contributed by atoms with E-state index in [2.05, 4.69) is 25.8 Å². The predicted octanol–water partition coefficient (Wildman–Crippen LogP) is 4.11. The highest BCUT2D eigenvalue weighted by Crippen LogP contribution is 2.20. The molecule has 1 heterocycles. The van der Waals surface area contributed by atoms with E-state index in [1.54, 1.807) is 30.3 Å². The first-order valence-corrected chi connectivity index (χ1v) is 9.99. The molecule has 1 aromatic heterocycles. The van der Waals surface area contributed by atoms with Crippen LogP contribution in [0.25, 0.3) is 0 Å². The smallest absolute Gasteiger partial charge is 0.261 e. The molecule has 1 N–H and O–H groups in total. The molecule has 7 heteroatoms. The summed E-state index contributed by atoms with van der Waals surface area (Å²) in [5, 5.41) is 4.44. The molecule has 0 aliphatic heterocycles. The lowest BCUT2D eigenvalue weighted by Crippen LogP contribution is -2.13. The minimum Gasteiger partial charge on any atom is -0.280 e. The Morgan fingerprint density at radius 3 is 2.52 bits per heavy atom. The number of sulfonamides is 1. The normalized spacial score (nSPS) is 11.5. The van der Waals surface area contributed by atoms with Crippen molar-refractivity contribution in [2.75, 3.05) is 4.72 Å². The van der Waals surface area contributed by atoms with Crippen LogP contribution in [-0.2, 0) is 16.6 Å². The van der Waals surface area contributed by atoms with Crippen LogP contribution in [0.3, 0.4) is 0 Å². The maximum Gasteiger partial charge on any atom is 0.261 e. The van der Waals surface area contributed by atoms with Crippen LogP contribution in [0.2, 0.25) is 0 Å². The topological polar surface area (TPSA) is 64.0 Å². The van der Waals surface area contributed by atoms with Gasteiger partial charge in [-0.15, -0.1) is 0 Å². The maximum absolute atomic E-state index is 12.5. The van der Waals surface area contributed by atoms with Crippen LogP contribution in [-0.4, -0.2) is 18.2 Å².